The van der Waals surface area contributed by atoms with Gasteiger partial charge in [-0.25, -0.2) is 0 Å². The van der Waals surface area contributed by atoms with E-state index in [2.05, 4.69) is 30.2 Å². The monoisotopic (exact) mass is 384 g/mol. The van der Waals surface area contributed by atoms with E-state index in [0.29, 0.717) is 5.79 Å². The molecule has 4 nitrogen and oxygen atoms in total. The van der Waals surface area contributed by atoms with Crippen LogP contribution in [0.5, 0.6) is 0 Å². The van der Waals surface area contributed by atoms with Crippen LogP contribution in [0.25, 0.3) is 0 Å². The molecule has 1 N–H and O–H groups in total. The summed E-state index contributed by atoms with van der Waals surface area (Å²) in [6.45, 7) is 12.3. The SMILES string of the molecule is CCCCCCCCCC[Si](C)(C)C1NCCCN1CC(C)C(=O)OC. The summed E-state index contributed by atoms with van der Waals surface area (Å²) in [6.07, 6.45) is 12.3. The first-order valence-electron chi connectivity index (χ1n) is 11.0. The molecule has 0 aromatic rings. The zero-order chi connectivity index (χ0) is 19.4. The van der Waals surface area contributed by atoms with Gasteiger partial charge in [-0.1, -0.05) is 84.4 Å². The number of carbonyl (C=O) groups is 1. The van der Waals surface area contributed by atoms with Crippen LogP contribution in [0.2, 0.25) is 19.1 Å². The average Bonchev–Trinajstić information content (AvgIpc) is 2.63. The summed E-state index contributed by atoms with van der Waals surface area (Å²) in [5.74, 6) is 0.361. The minimum Gasteiger partial charge on any atom is -0.469 e. The molecule has 2 atom stereocenters. The Morgan fingerprint density at radius 2 is 1.77 bits per heavy atom. The summed E-state index contributed by atoms with van der Waals surface area (Å²) < 4.78 is 4.93. The molecule has 1 aliphatic rings. The molecular weight excluding hydrogens is 340 g/mol. The molecule has 0 aromatic heterocycles. The Kier molecular flexibility index (Phi) is 11.7. The number of carbonyl (C=O) groups excluding carboxylic acids is 1. The smallest absolute Gasteiger partial charge is 0.309 e. The van der Waals surface area contributed by atoms with E-state index in [1.54, 1.807) is 0 Å². The van der Waals surface area contributed by atoms with E-state index in [9.17, 15) is 4.79 Å². The Morgan fingerprint density at radius 1 is 1.15 bits per heavy atom. The first-order valence-corrected chi connectivity index (χ1v) is 14.3. The molecular formula is C21H44N2O2Si. The lowest BCUT2D eigenvalue weighted by molar-refractivity contribution is -0.145. The van der Waals surface area contributed by atoms with Crippen LogP contribution in [-0.4, -0.2) is 51.5 Å². The number of ether oxygens (including phenoxy) is 1. The van der Waals surface area contributed by atoms with Gasteiger partial charge in [-0.3, -0.25) is 9.69 Å². The first kappa shape index (κ1) is 23.6. The van der Waals surface area contributed by atoms with E-state index < -0.39 is 8.07 Å². The largest absolute Gasteiger partial charge is 0.469 e. The highest BCUT2D eigenvalue weighted by Gasteiger charge is 2.37. The molecule has 1 fully saturated rings. The molecule has 2 unspecified atom stereocenters. The van der Waals surface area contributed by atoms with Gasteiger partial charge in [-0.2, -0.15) is 0 Å². The molecule has 0 amide bonds. The van der Waals surface area contributed by atoms with Gasteiger partial charge in [-0.15, -0.1) is 0 Å². The maximum absolute atomic E-state index is 11.8. The molecule has 154 valence electrons. The fraction of sp³-hybridized carbons (Fsp3) is 0.952. The third kappa shape index (κ3) is 8.53. The number of methoxy groups -OCH3 is 1. The van der Waals surface area contributed by atoms with Crippen molar-refractivity contribution in [2.45, 2.75) is 96.6 Å². The van der Waals surface area contributed by atoms with Crippen LogP contribution in [0.15, 0.2) is 0 Å². The van der Waals surface area contributed by atoms with Gasteiger partial charge >= 0.3 is 5.97 Å². The number of hydrogen-bond donors (Lipinski definition) is 1. The Bertz CT molecular complexity index is 390. The average molecular weight is 385 g/mol. The van der Waals surface area contributed by atoms with Crippen molar-refractivity contribution in [3.8, 4) is 0 Å². The van der Waals surface area contributed by atoms with Gasteiger partial charge < -0.3 is 10.1 Å². The van der Waals surface area contributed by atoms with Gasteiger partial charge in [0.2, 0.25) is 0 Å². The van der Waals surface area contributed by atoms with Crippen LogP contribution < -0.4 is 5.32 Å². The summed E-state index contributed by atoms with van der Waals surface area (Å²) in [4.78, 5) is 14.4. The van der Waals surface area contributed by atoms with Gasteiger partial charge in [0.25, 0.3) is 0 Å². The lowest BCUT2D eigenvalue weighted by Crippen LogP contribution is -2.64. The number of nitrogens with zero attached hydrogens (tertiary/aromatic N) is 1. The summed E-state index contributed by atoms with van der Waals surface area (Å²) in [7, 11) is 0.0960. The van der Waals surface area contributed by atoms with Crippen molar-refractivity contribution in [1.82, 2.24) is 10.2 Å². The quantitative estimate of drug-likeness (QED) is 0.281. The van der Waals surface area contributed by atoms with Crippen molar-refractivity contribution in [1.29, 1.82) is 0 Å². The zero-order valence-corrected chi connectivity index (χ0v) is 19.1. The molecule has 1 aliphatic heterocycles. The van der Waals surface area contributed by atoms with Gasteiger partial charge in [-0.05, 0) is 13.0 Å². The Morgan fingerprint density at radius 3 is 2.38 bits per heavy atom. The second-order valence-corrected chi connectivity index (χ2v) is 13.9. The Balaban J connectivity index is 2.39. The van der Waals surface area contributed by atoms with E-state index in [1.807, 2.05) is 6.92 Å². The molecule has 1 heterocycles. The fourth-order valence-electron chi connectivity index (χ4n) is 4.23. The normalized spacial score (nSPS) is 20.1. The zero-order valence-electron chi connectivity index (χ0n) is 18.1. The van der Waals surface area contributed by atoms with Crippen molar-refractivity contribution in [3.63, 3.8) is 0 Å². The van der Waals surface area contributed by atoms with Crippen molar-refractivity contribution in [3.05, 3.63) is 0 Å². The predicted molar refractivity (Wildman–Crippen MR) is 114 cm³/mol. The van der Waals surface area contributed by atoms with Crippen LogP contribution in [0.1, 0.15) is 71.6 Å². The molecule has 0 aromatic carbocycles. The number of unbranched alkanes of at least 4 members (excludes halogenated alkanes) is 7. The van der Waals surface area contributed by atoms with Crippen LogP contribution in [0.4, 0.5) is 0 Å². The van der Waals surface area contributed by atoms with Crippen molar-refractivity contribution in [2.75, 3.05) is 26.7 Å². The predicted octanol–water partition coefficient (Wildman–Crippen LogP) is 4.81. The van der Waals surface area contributed by atoms with Crippen LogP contribution >= 0.6 is 0 Å². The Labute approximate surface area is 163 Å². The third-order valence-corrected chi connectivity index (χ3v) is 9.54. The second kappa shape index (κ2) is 12.9. The molecule has 0 aliphatic carbocycles. The molecule has 26 heavy (non-hydrogen) atoms. The highest BCUT2D eigenvalue weighted by molar-refractivity contribution is 6.78. The lowest BCUT2D eigenvalue weighted by atomic mass is 10.1. The van der Waals surface area contributed by atoms with Crippen molar-refractivity contribution >= 4 is 14.0 Å². The number of hydrogen-bond acceptors (Lipinski definition) is 4. The fourth-order valence-corrected chi connectivity index (χ4v) is 7.58. The highest BCUT2D eigenvalue weighted by atomic mass is 28.3. The van der Waals surface area contributed by atoms with E-state index >= 15 is 0 Å². The number of rotatable bonds is 13. The van der Waals surface area contributed by atoms with E-state index in [4.69, 9.17) is 4.74 Å². The molecule has 0 saturated carbocycles. The van der Waals surface area contributed by atoms with Gasteiger partial charge in [0.05, 0.1) is 21.1 Å². The van der Waals surface area contributed by atoms with Gasteiger partial charge in [0.15, 0.2) is 0 Å². The third-order valence-electron chi connectivity index (χ3n) is 5.85. The first-order chi connectivity index (χ1) is 12.4. The van der Waals surface area contributed by atoms with Gasteiger partial charge in [0.1, 0.15) is 0 Å². The van der Waals surface area contributed by atoms with Crippen LogP contribution in [-0.2, 0) is 9.53 Å². The molecule has 5 heteroatoms. The molecule has 0 radical (unpaired) electrons. The van der Waals surface area contributed by atoms with Crippen LogP contribution in [0.3, 0.4) is 0 Å². The lowest BCUT2D eigenvalue weighted by Gasteiger charge is -2.45. The molecule has 0 bridgehead atoms. The topological polar surface area (TPSA) is 41.6 Å². The van der Waals surface area contributed by atoms with Crippen LogP contribution in [0, 0.1) is 5.92 Å². The van der Waals surface area contributed by atoms with Crippen molar-refractivity contribution < 1.29 is 9.53 Å². The second-order valence-electron chi connectivity index (χ2n) is 8.84. The highest BCUT2D eigenvalue weighted by Crippen LogP contribution is 2.24. The standard InChI is InChI=1S/C21H44N2O2Si/c1-6-7-8-9-10-11-12-13-17-26(4,5)21-22-15-14-16-23(21)18-19(2)20(24)25-3/h19,21-22H,6-18H2,1-5H3. The summed E-state index contributed by atoms with van der Waals surface area (Å²) in [5, 5.41) is 3.78. The number of esters is 1. The summed E-state index contributed by atoms with van der Waals surface area (Å²) in [5.41, 5.74) is 0. The molecule has 1 saturated heterocycles. The van der Waals surface area contributed by atoms with Crippen molar-refractivity contribution in [2.24, 2.45) is 5.92 Å². The minimum atomic E-state index is -1.40. The molecule has 0 spiro atoms. The summed E-state index contributed by atoms with van der Waals surface area (Å²) in [6, 6.07) is 1.38. The number of nitrogens with one attached hydrogen (secondary N) is 1. The maximum Gasteiger partial charge on any atom is 0.309 e. The van der Waals surface area contributed by atoms with E-state index in [0.717, 1.165) is 19.6 Å². The van der Waals surface area contributed by atoms with E-state index in [-0.39, 0.29) is 11.9 Å². The summed E-state index contributed by atoms with van der Waals surface area (Å²) >= 11 is 0. The maximum atomic E-state index is 11.8. The Hall–Kier alpha value is -0.393. The molecule has 1 rings (SSSR count). The van der Waals surface area contributed by atoms with E-state index in [1.165, 1.54) is 70.9 Å². The van der Waals surface area contributed by atoms with Gasteiger partial charge in [0, 0.05) is 18.9 Å². The minimum absolute atomic E-state index is 0.0460.